The maximum Gasteiger partial charge on any atom is 0.277 e. The summed E-state index contributed by atoms with van der Waals surface area (Å²) in [6.45, 7) is 0. The van der Waals surface area contributed by atoms with Gasteiger partial charge in [0.2, 0.25) is 5.88 Å². The predicted molar refractivity (Wildman–Crippen MR) is 89.2 cm³/mol. The van der Waals surface area contributed by atoms with Crippen LogP contribution in [0.5, 0.6) is 5.88 Å². The van der Waals surface area contributed by atoms with Gasteiger partial charge < -0.3 is 9.72 Å². The van der Waals surface area contributed by atoms with E-state index in [4.69, 9.17) is 4.74 Å². The van der Waals surface area contributed by atoms with Gasteiger partial charge in [-0.05, 0) is 24.3 Å². The molecule has 0 aliphatic rings. The number of ether oxygens (including phenoxy) is 1. The lowest BCUT2D eigenvalue weighted by atomic mass is 10.2. The van der Waals surface area contributed by atoms with Gasteiger partial charge in [-0.15, -0.1) is 0 Å². The SMILES string of the molecule is COc1ncccc1-n1cnc2nc(-c3ccccc3F)[nH]c(=O)c21. The summed E-state index contributed by atoms with van der Waals surface area (Å²) in [4.78, 5) is 27.8. The van der Waals surface area contributed by atoms with Gasteiger partial charge in [-0.1, -0.05) is 12.1 Å². The van der Waals surface area contributed by atoms with E-state index in [0.717, 1.165) is 0 Å². The van der Waals surface area contributed by atoms with Crippen molar-refractivity contribution in [3.05, 3.63) is 65.1 Å². The molecule has 3 aromatic heterocycles. The molecule has 0 unspecified atom stereocenters. The van der Waals surface area contributed by atoms with Gasteiger partial charge in [0.25, 0.3) is 5.56 Å². The highest BCUT2D eigenvalue weighted by Crippen LogP contribution is 2.23. The van der Waals surface area contributed by atoms with Crippen molar-refractivity contribution in [1.82, 2.24) is 24.5 Å². The Morgan fingerprint density at radius 2 is 2.00 bits per heavy atom. The van der Waals surface area contributed by atoms with E-state index < -0.39 is 11.4 Å². The van der Waals surface area contributed by atoms with Crippen LogP contribution in [0, 0.1) is 5.82 Å². The number of aromatic amines is 1. The van der Waals surface area contributed by atoms with Crippen molar-refractivity contribution in [1.29, 1.82) is 0 Å². The van der Waals surface area contributed by atoms with Crippen LogP contribution in [0.4, 0.5) is 4.39 Å². The van der Waals surface area contributed by atoms with Crippen molar-refractivity contribution < 1.29 is 9.13 Å². The van der Waals surface area contributed by atoms with Crippen molar-refractivity contribution in [2.45, 2.75) is 0 Å². The van der Waals surface area contributed by atoms with Gasteiger partial charge in [-0.3, -0.25) is 9.36 Å². The molecule has 25 heavy (non-hydrogen) atoms. The number of benzene rings is 1. The van der Waals surface area contributed by atoms with Gasteiger partial charge in [0.15, 0.2) is 11.2 Å². The molecule has 0 spiro atoms. The molecule has 0 aliphatic carbocycles. The largest absolute Gasteiger partial charge is 0.480 e. The molecule has 0 fully saturated rings. The fourth-order valence-corrected chi connectivity index (χ4v) is 2.62. The van der Waals surface area contributed by atoms with E-state index in [1.165, 1.54) is 24.1 Å². The average Bonchev–Trinajstić information content (AvgIpc) is 3.06. The maximum absolute atomic E-state index is 14.0. The minimum absolute atomic E-state index is 0.124. The Hall–Kier alpha value is -3.55. The lowest BCUT2D eigenvalue weighted by Gasteiger charge is -2.08. The van der Waals surface area contributed by atoms with Crippen molar-refractivity contribution in [2.75, 3.05) is 7.11 Å². The molecule has 8 heteroatoms. The smallest absolute Gasteiger partial charge is 0.277 e. The van der Waals surface area contributed by atoms with Crippen LogP contribution in [0.3, 0.4) is 0 Å². The molecule has 1 N–H and O–H groups in total. The van der Waals surface area contributed by atoms with Crippen molar-refractivity contribution in [3.63, 3.8) is 0 Å². The first kappa shape index (κ1) is 15.0. The first-order valence-corrected chi connectivity index (χ1v) is 7.40. The number of rotatable bonds is 3. The third-order valence-electron chi connectivity index (χ3n) is 3.75. The molecule has 0 saturated heterocycles. The second-order valence-corrected chi connectivity index (χ2v) is 5.21. The fourth-order valence-electron chi connectivity index (χ4n) is 2.62. The number of fused-ring (bicyclic) bond motifs is 1. The number of nitrogens with one attached hydrogen (secondary N) is 1. The van der Waals surface area contributed by atoms with E-state index in [0.29, 0.717) is 11.6 Å². The zero-order valence-electron chi connectivity index (χ0n) is 13.1. The fraction of sp³-hybridized carbons (Fsp3) is 0.0588. The van der Waals surface area contributed by atoms with Crippen molar-refractivity contribution in [2.24, 2.45) is 0 Å². The van der Waals surface area contributed by atoms with Crippen LogP contribution in [0.15, 0.2) is 53.7 Å². The van der Waals surface area contributed by atoms with Crippen LogP contribution < -0.4 is 10.3 Å². The summed E-state index contributed by atoms with van der Waals surface area (Å²) >= 11 is 0. The molecule has 0 atom stereocenters. The molecule has 124 valence electrons. The number of imidazole rings is 1. The molecule has 0 radical (unpaired) electrons. The Morgan fingerprint density at radius 3 is 2.80 bits per heavy atom. The molecule has 0 bridgehead atoms. The van der Waals surface area contributed by atoms with Crippen LogP contribution in [-0.2, 0) is 0 Å². The van der Waals surface area contributed by atoms with Gasteiger partial charge >= 0.3 is 0 Å². The van der Waals surface area contributed by atoms with Gasteiger partial charge in [0.1, 0.15) is 23.7 Å². The van der Waals surface area contributed by atoms with E-state index in [2.05, 4.69) is 19.9 Å². The van der Waals surface area contributed by atoms with Crippen LogP contribution in [-0.4, -0.2) is 31.6 Å². The molecule has 0 amide bonds. The number of halogens is 1. The lowest BCUT2D eigenvalue weighted by molar-refractivity contribution is 0.396. The molecule has 4 aromatic rings. The summed E-state index contributed by atoms with van der Waals surface area (Å²) in [6.07, 6.45) is 3.04. The zero-order valence-corrected chi connectivity index (χ0v) is 13.1. The Morgan fingerprint density at radius 1 is 1.16 bits per heavy atom. The van der Waals surface area contributed by atoms with Gasteiger partial charge in [0, 0.05) is 6.20 Å². The lowest BCUT2D eigenvalue weighted by Crippen LogP contribution is -2.13. The van der Waals surface area contributed by atoms with Crippen molar-refractivity contribution >= 4 is 11.2 Å². The zero-order chi connectivity index (χ0) is 17.4. The minimum Gasteiger partial charge on any atom is -0.480 e. The summed E-state index contributed by atoms with van der Waals surface area (Å²) in [5.74, 6) is -0.00302. The van der Waals surface area contributed by atoms with Crippen LogP contribution in [0.25, 0.3) is 28.2 Å². The summed E-state index contributed by atoms with van der Waals surface area (Å²) < 4.78 is 20.7. The maximum atomic E-state index is 14.0. The molecule has 1 aromatic carbocycles. The van der Waals surface area contributed by atoms with E-state index in [1.807, 2.05) is 0 Å². The van der Waals surface area contributed by atoms with E-state index in [9.17, 15) is 9.18 Å². The molecular formula is C17H12FN5O2. The average molecular weight is 337 g/mol. The highest BCUT2D eigenvalue weighted by Gasteiger charge is 2.16. The number of H-pyrrole nitrogens is 1. The van der Waals surface area contributed by atoms with E-state index >= 15 is 0 Å². The number of aromatic nitrogens is 5. The van der Waals surface area contributed by atoms with Gasteiger partial charge in [-0.25, -0.2) is 19.3 Å². The molecule has 0 aliphatic heterocycles. The van der Waals surface area contributed by atoms with Gasteiger partial charge in [-0.2, -0.15) is 0 Å². The number of hydrogen-bond donors (Lipinski definition) is 1. The van der Waals surface area contributed by atoms with Crippen LogP contribution in [0.2, 0.25) is 0 Å². The Bertz CT molecular complexity index is 1140. The third kappa shape index (κ3) is 2.44. The highest BCUT2D eigenvalue weighted by molar-refractivity contribution is 5.75. The summed E-state index contributed by atoms with van der Waals surface area (Å²) in [5, 5.41) is 0. The Balaban J connectivity index is 1.95. The molecular weight excluding hydrogens is 325 g/mol. The quantitative estimate of drug-likeness (QED) is 0.620. The summed E-state index contributed by atoms with van der Waals surface area (Å²) in [6, 6.07) is 9.55. The monoisotopic (exact) mass is 337 g/mol. The Labute approximate surface area is 140 Å². The third-order valence-corrected chi connectivity index (χ3v) is 3.75. The summed E-state index contributed by atoms with van der Waals surface area (Å²) in [5.41, 5.74) is 0.749. The van der Waals surface area contributed by atoms with E-state index in [1.54, 1.807) is 36.5 Å². The Kier molecular flexibility index (Phi) is 3.50. The molecule has 3 heterocycles. The number of methoxy groups -OCH3 is 1. The number of nitrogens with zero attached hydrogens (tertiary/aromatic N) is 4. The predicted octanol–water partition coefficient (Wildman–Crippen LogP) is 2.32. The topological polar surface area (TPSA) is 85.7 Å². The highest BCUT2D eigenvalue weighted by atomic mass is 19.1. The molecule has 4 rings (SSSR count). The van der Waals surface area contributed by atoms with E-state index in [-0.39, 0.29) is 22.6 Å². The normalized spacial score (nSPS) is 11.0. The standard InChI is InChI=1S/C17H12FN5O2/c1-25-17-12(7-4-8-19-17)23-9-20-15-13(23)16(24)22-14(21-15)10-5-2-3-6-11(10)18/h2-9H,1H3,(H,21,22,24). The number of pyridine rings is 1. The van der Waals surface area contributed by atoms with Gasteiger partial charge in [0.05, 0.1) is 12.7 Å². The molecule has 7 nitrogen and oxygen atoms in total. The number of hydrogen-bond acceptors (Lipinski definition) is 5. The van der Waals surface area contributed by atoms with Crippen LogP contribution in [0.1, 0.15) is 0 Å². The second kappa shape index (κ2) is 5.82. The minimum atomic E-state index is -0.474. The first-order chi connectivity index (χ1) is 12.2. The first-order valence-electron chi connectivity index (χ1n) is 7.40. The van der Waals surface area contributed by atoms with Crippen molar-refractivity contribution in [3.8, 4) is 23.0 Å². The van der Waals surface area contributed by atoms with Crippen LogP contribution >= 0.6 is 0 Å². The second-order valence-electron chi connectivity index (χ2n) is 5.21. The summed E-state index contributed by atoms with van der Waals surface area (Å²) in [7, 11) is 1.49. The molecule has 0 saturated carbocycles.